The average Bonchev–Trinajstić information content (AvgIpc) is 2.28. The minimum Gasteiger partial charge on any atom is -0.507 e. The largest absolute Gasteiger partial charge is 0.507 e. The van der Waals surface area contributed by atoms with Crippen LogP contribution in [0.2, 0.25) is 0 Å². The lowest BCUT2D eigenvalue weighted by atomic mass is 10.0. The van der Waals surface area contributed by atoms with E-state index in [9.17, 15) is 9.90 Å². The van der Waals surface area contributed by atoms with Crippen LogP contribution >= 0.6 is 0 Å². The van der Waals surface area contributed by atoms with E-state index in [4.69, 9.17) is 0 Å². The Kier molecular flexibility index (Phi) is 4.95. The van der Waals surface area contributed by atoms with Crippen LogP contribution < -0.4 is 0 Å². The van der Waals surface area contributed by atoms with E-state index in [1.54, 1.807) is 18.2 Å². The molecule has 92 valence electrons. The van der Waals surface area contributed by atoms with Gasteiger partial charge in [0.1, 0.15) is 5.75 Å². The molecule has 0 heterocycles. The van der Waals surface area contributed by atoms with Gasteiger partial charge in [0.05, 0.1) is 0 Å². The van der Waals surface area contributed by atoms with Gasteiger partial charge >= 0.3 is 0 Å². The number of hydrogen-bond donors (Lipinski definition) is 1. The monoisotopic (exact) mass is 232 g/mol. The molecule has 0 unspecified atom stereocenters. The van der Waals surface area contributed by atoms with E-state index in [1.807, 2.05) is 19.9 Å². The molecule has 0 fully saturated rings. The Morgan fingerprint density at radius 3 is 2.59 bits per heavy atom. The third-order valence-corrected chi connectivity index (χ3v) is 2.55. The highest BCUT2D eigenvalue weighted by Crippen LogP contribution is 2.22. The standard InChI is InChI=1S/C15H20O2/c1-4-5-6-14(16)13-8-7-12(9-11(2)3)15(17)10-13/h7-10,17H,4-6H2,1-3H3. The maximum atomic E-state index is 11.8. The molecule has 0 amide bonds. The first-order chi connectivity index (χ1) is 8.04. The lowest BCUT2D eigenvalue weighted by Crippen LogP contribution is -1.98. The number of Topliss-reactive ketones (excluding diaryl/α,β-unsaturated/α-hetero) is 1. The van der Waals surface area contributed by atoms with E-state index in [1.165, 1.54) is 0 Å². The molecule has 0 bridgehead atoms. The summed E-state index contributed by atoms with van der Waals surface area (Å²) in [5.74, 6) is 0.277. The smallest absolute Gasteiger partial charge is 0.163 e. The lowest BCUT2D eigenvalue weighted by molar-refractivity contribution is 0.0979. The molecule has 17 heavy (non-hydrogen) atoms. The number of hydrogen-bond acceptors (Lipinski definition) is 2. The van der Waals surface area contributed by atoms with Crippen LogP contribution in [0, 0.1) is 0 Å². The molecule has 1 rings (SSSR count). The summed E-state index contributed by atoms with van der Waals surface area (Å²) in [7, 11) is 0. The van der Waals surface area contributed by atoms with Crippen LogP contribution in [0.4, 0.5) is 0 Å². The highest BCUT2D eigenvalue weighted by Gasteiger charge is 2.07. The quantitative estimate of drug-likeness (QED) is 0.773. The van der Waals surface area contributed by atoms with Crippen molar-refractivity contribution in [1.29, 1.82) is 0 Å². The minimum atomic E-state index is 0.103. The Hall–Kier alpha value is -1.57. The normalized spacial score (nSPS) is 10.1. The zero-order chi connectivity index (χ0) is 12.8. The van der Waals surface area contributed by atoms with Crippen LogP contribution in [0.3, 0.4) is 0 Å². The van der Waals surface area contributed by atoms with Crippen LogP contribution in [-0.4, -0.2) is 10.9 Å². The molecule has 1 aromatic carbocycles. The third-order valence-electron chi connectivity index (χ3n) is 2.55. The lowest BCUT2D eigenvalue weighted by Gasteiger charge is -2.04. The number of benzene rings is 1. The third kappa shape index (κ3) is 4.06. The second-order valence-corrected chi connectivity index (χ2v) is 4.52. The summed E-state index contributed by atoms with van der Waals surface area (Å²) in [6.45, 7) is 6.00. The Balaban J connectivity index is 2.89. The molecular weight excluding hydrogens is 212 g/mol. The van der Waals surface area contributed by atoms with Gasteiger partial charge in [-0.3, -0.25) is 4.79 Å². The van der Waals surface area contributed by atoms with Gasteiger partial charge in [-0.1, -0.05) is 37.1 Å². The summed E-state index contributed by atoms with van der Waals surface area (Å²) in [4.78, 5) is 11.8. The number of carbonyl (C=O) groups is 1. The first-order valence-corrected chi connectivity index (χ1v) is 6.05. The molecular formula is C15H20O2. The van der Waals surface area contributed by atoms with Crippen molar-refractivity contribution < 1.29 is 9.90 Å². The number of rotatable bonds is 5. The number of carbonyl (C=O) groups excluding carboxylic acids is 1. The first kappa shape index (κ1) is 13.5. The molecule has 2 nitrogen and oxygen atoms in total. The van der Waals surface area contributed by atoms with Gasteiger partial charge in [0.2, 0.25) is 0 Å². The van der Waals surface area contributed by atoms with Crippen molar-refractivity contribution in [3.05, 3.63) is 34.9 Å². The van der Waals surface area contributed by atoms with Crippen LogP contribution in [0.5, 0.6) is 5.75 Å². The van der Waals surface area contributed by atoms with Gasteiger partial charge in [-0.05, 0) is 26.3 Å². The van der Waals surface area contributed by atoms with Gasteiger partial charge in [0, 0.05) is 17.5 Å². The summed E-state index contributed by atoms with van der Waals surface area (Å²) in [6, 6.07) is 5.14. The Morgan fingerprint density at radius 1 is 1.35 bits per heavy atom. The van der Waals surface area contributed by atoms with Crippen molar-refractivity contribution >= 4 is 11.9 Å². The molecule has 1 N–H and O–H groups in total. The van der Waals surface area contributed by atoms with Gasteiger partial charge in [-0.2, -0.15) is 0 Å². The van der Waals surface area contributed by atoms with Crippen LogP contribution in [0.15, 0.2) is 23.8 Å². The summed E-state index contributed by atoms with van der Waals surface area (Å²) in [6.07, 6.45) is 4.36. The summed E-state index contributed by atoms with van der Waals surface area (Å²) >= 11 is 0. The molecule has 0 aliphatic carbocycles. The maximum Gasteiger partial charge on any atom is 0.163 e. The fourth-order valence-electron chi connectivity index (χ4n) is 1.63. The molecule has 0 aliphatic heterocycles. The Morgan fingerprint density at radius 2 is 2.06 bits per heavy atom. The zero-order valence-corrected chi connectivity index (χ0v) is 10.8. The molecule has 0 radical (unpaired) electrons. The van der Waals surface area contributed by atoms with Crippen molar-refractivity contribution in [3.63, 3.8) is 0 Å². The number of aromatic hydroxyl groups is 1. The van der Waals surface area contributed by atoms with Crippen molar-refractivity contribution in [1.82, 2.24) is 0 Å². The predicted octanol–water partition coefficient (Wildman–Crippen LogP) is 4.19. The average molecular weight is 232 g/mol. The van der Waals surface area contributed by atoms with Gasteiger partial charge in [-0.25, -0.2) is 0 Å². The number of phenols is 1. The maximum absolute atomic E-state index is 11.8. The number of phenolic OH excluding ortho intramolecular Hbond substituents is 1. The van der Waals surface area contributed by atoms with Crippen molar-refractivity contribution in [3.8, 4) is 5.75 Å². The summed E-state index contributed by atoms with van der Waals surface area (Å²) < 4.78 is 0. The van der Waals surface area contributed by atoms with E-state index in [-0.39, 0.29) is 11.5 Å². The molecule has 0 spiro atoms. The molecule has 0 aliphatic rings. The zero-order valence-electron chi connectivity index (χ0n) is 10.8. The van der Waals surface area contributed by atoms with E-state index in [0.717, 1.165) is 24.0 Å². The number of ketones is 1. The highest BCUT2D eigenvalue weighted by molar-refractivity contribution is 5.96. The van der Waals surface area contributed by atoms with Crippen molar-refractivity contribution in [2.75, 3.05) is 0 Å². The van der Waals surface area contributed by atoms with E-state index in [0.29, 0.717) is 12.0 Å². The second-order valence-electron chi connectivity index (χ2n) is 4.52. The highest BCUT2D eigenvalue weighted by atomic mass is 16.3. The number of unbranched alkanes of at least 4 members (excludes halogenated alkanes) is 1. The van der Waals surface area contributed by atoms with Gasteiger partial charge in [0.25, 0.3) is 0 Å². The van der Waals surface area contributed by atoms with Crippen molar-refractivity contribution in [2.24, 2.45) is 0 Å². The van der Waals surface area contributed by atoms with Crippen molar-refractivity contribution in [2.45, 2.75) is 40.0 Å². The Labute approximate surface area is 103 Å². The topological polar surface area (TPSA) is 37.3 Å². The molecule has 2 heteroatoms. The van der Waals surface area contributed by atoms with Gasteiger partial charge in [0.15, 0.2) is 5.78 Å². The molecule has 0 saturated carbocycles. The fraction of sp³-hybridized carbons (Fsp3) is 0.400. The fourth-order valence-corrected chi connectivity index (χ4v) is 1.63. The summed E-state index contributed by atoms with van der Waals surface area (Å²) in [5.41, 5.74) is 2.48. The minimum absolute atomic E-state index is 0.103. The number of allylic oxidation sites excluding steroid dienone is 1. The molecule has 0 saturated heterocycles. The van der Waals surface area contributed by atoms with Gasteiger partial charge in [-0.15, -0.1) is 0 Å². The Bertz CT molecular complexity index is 427. The van der Waals surface area contributed by atoms with E-state index >= 15 is 0 Å². The second kappa shape index (κ2) is 6.24. The van der Waals surface area contributed by atoms with E-state index < -0.39 is 0 Å². The van der Waals surface area contributed by atoms with E-state index in [2.05, 4.69) is 6.92 Å². The summed E-state index contributed by atoms with van der Waals surface area (Å²) in [5, 5.41) is 9.82. The van der Waals surface area contributed by atoms with Gasteiger partial charge < -0.3 is 5.11 Å². The molecule has 1 aromatic rings. The predicted molar refractivity (Wildman–Crippen MR) is 71.3 cm³/mol. The SMILES string of the molecule is CCCCC(=O)c1ccc(C=C(C)C)c(O)c1. The molecule has 0 aromatic heterocycles. The van der Waals surface area contributed by atoms with Crippen LogP contribution in [-0.2, 0) is 0 Å². The first-order valence-electron chi connectivity index (χ1n) is 6.05. The van der Waals surface area contributed by atoms with Crippen LogP contribution in [0.25, 0.3) is 6.08 Å². The molecule has 0 atom stereocenters. The van der Waals surface area contributed by atoms with Crippen LogP contribution in [0.1, 0.15) is 56.0 Å².